The summed E-state index contributed by atoms with van der Waals surface area (Å²) in [5.41, 5.74) is 2.45. The van der Waals surface area contributed by atoms with Crippen LogP contribution in [-0.4, -0.2) is 34.4 Å². The molecule has 0 aliphatic carbocycles. The molecule has 0 bridgehead atoms. The van der Waals surface area contributed by atoms with Crippen molar-refractivity contribution in [3.05, 3.63) is 45.2 Å². The predicted octanol–water partition coefficient (Wildman–Crippen LogP) is 3.22. The largest absolute Gasteiger partial charge is 0.339 e. The van der Waals surface area contributed by atoms with Gasteiger partial charge in [0.25, 0.3) is 5.56 Å². The number of fused-ring (bicyclic) bond motifs is 1. The number of nitrogens with zero attached hydrogens (tertiary/aromatic N) is 2. The van der Waals surface area contributed by atoms with E-state index in [9.17, 15) is 14.4 Å². The van der Waals surface area contributed by atoms with Gasteiger partial charge in [-0.1, -0.05) is 19.1 Å². The van der Waals surface area contributed by atoms with Gasteiger partial charge in [0.1, 0.15) is 5.82 Å². The molecular weight excluding hydrogens is 394 g/mol. The zero-order valence-corrected chi connectivity index (χ0v) is 18.2. The van der Waals surface area contributed by atoms with E-state index in [4.69, 9.17) is 0 Å². The fraction of sp³-hybridized carbons (Fsp3) is 0.478. The van der Waals surface area contributed by atoms with Crippen molar-refractivity contribution in [2.24, 2.45) is 0 Å². The van der Waals surface area contributed by atoms with Gasteiger partial charge >= 0.3 is 0 Å². The lowest BCUT2D eigenvalue weighted by molar-refractivity contribution is -0.123. The highest BCUT2D eigenvalue weighted by atomic mass is 16.2. The van der Waals surface area contributed by atoms with Crippen molar-refractivity contribution in [2.45, 2.75) is 64.8 Å². The average Bonchev–Trinajstić information content (AvgIpc) is 2.75. The molecule has 2 aliphatic heterocycles. The normalized spacial score (nSPS) is 20.7. The van der Waals surface area contributed by atoms with Gasteiger partial charge in [-0.15, -0.1) is 0 Å². The predicted molar refractivity (Wildman–Crippen MR) is 121 cm³/mol. The Morgan fingerprint density at radius 3 is 2.84 bits per heavy atom. The van der Waals surface area contributed by atoms with Crippen molar-refractivity contribution < 1.29 is 9.59 Å². The van der Waals surface area contributed by atoms with E-state index >= 15 is 0 Å². The van der Waals surface area contributed by atoms with Gasteiger partial charge in [-0.25, -0.2) is 0 Å². The number of anilines is 3. The molecular formula is C23H29N5O3. The van der Waals surface area contributed by atoms with Crippen LogP contribution < -0.4 is 21.1 Å². The maximum atomic E-state index is 13.1. The van der Waals surface area contributed by atoms with Crippen LogP contribution in [0, 0.1) is 13.8 Å². The summed E-state index contributed by atoms with van der Waals surface area (Å²) in [4.78, 5) is 48.1. The quantitative estimate of drug-likeness (QED) is 0.700. The minimum atomic E-state index is -0.891. The van der Waals surface area contributed by atoms with Gasteiger partial charge in [0.15, 0.2) is 0 Å². The third-order valence-electron chi connectivity index (χ3n) is 6.28. The molecule has 2 atom stereocenters. The number of rotatable bonds is 4. The first-order valence-corrected chi connectivity index (χ1v) is 11.0. The number of hydrogen-bond acceptors (Lipinski definition) is 5. The zero-order valence-electron chi connectivity index (χ0n) is 18.2. The van der Waals surface area contributed by atoms with Crippen molar-refractivity contribution >= 4 is 29.3 Å². The molecule has 1 saturated heterocycles. The van der Waals surface area contributed by atoms with Crippen molar-refractivity contribution in [2.75, 3.05) is 22.1 Å². The summed E-state index contributed by atoms with van der Waals surface area (Å²) in [6.07, 6.45) is 4.10. The number of carbonyl (C=O) groups excluding carboxylic acids is 2. The molecule has 1 aromatic carbocycles. The average molecular weight is 424 g/mol. The maximum Gasteiger partial charge on any atom is 0.258 e. The Morgan fingerprint density at radius 2 is 2.06 bits per heavy atom. The second-order valence-corrected chi connectivity index (χ2v) is 8.52. The number of aryl methyl sites for hydroxylation is 2. The Labute approximate surface area is 181 Å². The summed E-state index contributed by atoms with van der Waals surface area (Å²) in [6, 6.07) is 6.08. The van der Waals surface area contributed by atoms with Crippen molar-refractivity contribution in [1.29, 1.82) is 0 Å². The number of carbonyl (C=O) groups is 2. The molecule has 3 N–H and O–H groups in total. The maximum absolute atomic E-state index is 13.1. The number of aromatic amines is 1. The van der Waals surface area contributed by atoms with Crippen LogP contribution in [0.4, 0.5) is 17.5 Å². The lowest BCUT2D eigenvalue weighted by atomic mass is 9.92. The van der Waals surface area contributed by atoms with Crippen LogP contribution in [0.15, 0.2) is 23.0 Å². The molecule has 164 valence electrons. The monoisotopic (exact) mass is 423 g/mol. The van der Waals surface area contributed by atoms with Gasteiger partial charge in [-0.2, -0.15) is 4.98 Å². The first-order valence-electron chi connectivity index (χ1n) is 11.0. The number of hydrogen-bond donors (Lipinski definition) is 3. The summed E-state index contributed by atoms with van der Waals surface area (Å²) in [6.45, 7) is 6.78. The van der Waals surface area contributed by atoms with Crippen LogP contribution >= 0.6 is 0 Å². The molecule has 0 unspecified atom stereocenters. The smallest absolute Gasteiger partial charge is 0.258 e. The van der Waals surface area contributed by atoms with Crippen LogP contribution in [0.5, 0.6) is 0 Å². The minimum Gasteiger partial charge on any atom is -0.339 e. The van der Waals surface area contributed by atoms with Crippen LogP contribution in [0.3, 0.4) is 0 Å². The molecule has 8 nitrogen and oxygen atoms in total. The lowest BCUT2D eigenvalue weighted by Gasteiger charge is -2.36. The first-order chi connectivity index (χ1) is 14.9. The fourth-order valence-electron chi connectivity index (χ4n) is 4.51. The SMILES string of the molecule is CC[C@@H]1CCCCN1c1nc2c(c(=O)[nH]1)[C@H](C(=O)Nc1cc(C)ccc1C)CC(=O)N2. The number of aromatic nitrogens is 2. The van der Waals surface area contributed by atoms with Gasteiger partial charge < -0.3 is 15.5 Å². The van der Waals surface area contributed by atoms with Crippen molar-refractivity contribution in [3.63, 3.8) is 0 Å². The van der Waals surface area contributed by atoms with Gasteiger partial charge in [0.2, 0.25) is 17.8 Å². The molecule has 31 heavy (non-hydrogen) atoms. The number of piperidine rings is 1. The van der Waals surface area contributed by atoms with Crippen LogP contribution in [0.2, 0.25) is 0 Å². The van der Waals surface area contributed by atoms with E-state index in [1.165, 1.54) is 0 Å². The van der Waals surface area contributed by atoms with Gasteiger partial charge in [0.05, 0.1) is 11.5 Å². The molecule has 0 radical (unpaired) electrons. The summed E-state index contributed by atoms with van der Waals surface area (Å²) >= 11 is 0. The molecule has 1 fully saturated rings. The number of benzene rings is 1. The molecule has 2 amide bonds. The summed E-state index contributed by atoms with van der Waals surface area (Å²) in [5, 5.41) is 5.60. The Bertz CT molecular complexity index is 1080. The molecule has 1 aromatic heterocycles. The van der Waals surface area contributed by atoms with E-state index in [0.29, 0.717) is 17.7 Å². The Hall–Kier alpha value is -3.16. The van der Waals surface area contributed by atoms with Gasteiger partial charge in [0, 0.05) is 24.7 Å². The van der Waals surface area contributed by atoms with E-state index in [1.807, 2.05) is 32.0 Å². The number of H-pyrrole nitrogens is 1. The van der Waals surface area contributed by atoms with E-state index in [2.05, 4.69) is 32.4 Å². The van der Waals surface area contributed by atoms with Crippen LogP contribution in [-0.2, 0) is 9.59 Å². The molecule has 4 rings (SSSR count). The van der Waals surface area contributed by atoms with Crippen LogP contribution in [0.1, 0.15) is 61.6 Å². The van der Waals surface area contributed by atoms with E-state index < -0.39 is 5.92 Å². The molecule has 8 heteroatoms. The number of amides is 2. The molecule has 3 heterocycles. The first kappa shape index (κ1) is 21.1. The second-order valence-electron chi connectivity index (χ2n) is 8.52. The highest BCUT2D eigenvalue weighted by Crippen LogP contribution is 2.32. The van der Waals surface area contributed by atoms with Gasteiger partial charge in [-0.3, -0.25) is 19.4 Å². The van der Waals surface area contributed by atoms with Gasteiger partial charge in [-0.05, 0) is 56.7 Å². The third-order valence-corrected chi connectivity index (χ3v) is 6.28. The molecule has 0 saturated carbocycles. The fourth-order valence-corrected chi connectivity index (χ4v) is 4.51. The minimum absolute atomic E-state index is 0.0882. The van der Waals surface area contributed by atoms with Crippen molar-refractivity contribution in [3.8, 4) is 0 Å². The Morgan fingerprint density at radius 1 is 1.26 bits per heavy atom. The topological polar surface area (TPSA) is 107 Å². The number of nitrogens with one attached hydrogen (secondary N) is 3. The van der Waals surface area contributed by atoms with E-state index in [-0.39, 0.29) is 35.2 Å². The third kappa shape index (κ3) is 4.19. The molecule has 2 aliphatic rings. The highest BCUT2D eigenvalue weighted by molar-refractivity contribution is 6.04. The summed E-state index contributed by atoms with van der Waals surface area (Å²) in [5.74, 6) is -0.933. The zero-order chi connectivity index (χ0) is 22.1. The summed E-state index contributed by atoms with van der Waals surface area (Å²) in [7, 11) is 0. The van der Waals surface area contributed by atoms with Crippen LogP contribution in [0.25, 0.3) is 0 Å². The van der Waals surface area contributed by atoms with E-state index in [0.717, 1.165) is 43.4 Å². The van der Waals surface area contributed by atoms with Crippen molar-refractivity contribution in [1.82, 2.24) is 9.97 Å². The Balaban J connectivity index is 1.67. The molecule has 2 aromatic rings. The standard InChI is InChI=1S/C23H29N5O3/c1-4-15-7-5-6-10-28(15)23-26-20-19(22(31)27-23)16(12-18(29)25-20)21(30)24-17-11-13(2)8-9-14(17)3/h8-9,11,15-16H,4-7,10,12H2,1-3H3,(H,24,30)(H2,25,26,27,29,31)/t15-,16-/m1/s1. The second kappa shape index (κ2) is 8.53. The lowest BCUT2D eigenvalue weighted by Crippen LogP contribution is -2.43. The molecule has 0 spiro atoms. The highest BCUT2D eigenvalue weighted by Gasteiger charge is 2.36. The Kier molecular flexibility index (Phi) is 5.80. The van der Waals surface area contributed by atoms with E-state index in [1.54, 1.807) is 0 Å². The summed E-state index contributed by atoms with van der Waals surface area (Å²) < 4.78 is 0.